The Morgan fingerprint density at radius 2 is 2.23 bits per heavy atom. The van der Waals surface area contributed by atoms with Gasteiger partial charge in [0.15, 0.2) is 5.75 Å². The number of halogens is 1. The number of hydrogen-bond donors (Lipinski definition) is 1. The van der Waals surface area contributed by atoms with Gasteiger partial charge in [-0.1, -0.05) is 22.9 Å². The Morgan fingerprint density at radius 3 is 2.69 bits per heavy atom. The van der Waals surface area contributed by atoms with Crippen molar-refractivity contribution in [1.29, 1.82) is 0 Å². The highest BCUT2D eigenvalue weighted by Crippen LogP contribution is 2.32. The monoisotopic (exact) mass is 245 g/mol. The molecule has 0 unspecified atom stereocenters. The maximum Gasteiger partial charge on any atom is 0.311 e. The summed E-state index contributed by atoms with van der Waals surface area (Å²) in [5, 5.41) is 19.7. The second kappa shape index (κ2) is 3.74. The first kappa shape index (κ1) is 9.98. The van der Waals surface area contributed by atoms with Crippen LogP contribution in [0.5, 0.6) is 5.75 Å². The van der Waals surface area contributed by atoms with E-state index < -0.39 is 4.92 Å². The third-order valence-electron chi connectivity index (χ3n) is 1.72. The molecule has 0 aliphatic carbocycles. The van der Waals surface area contributed by atoms with Crippen LogP contribution >= 0.6 is 15.9 Å². The highest BCUT2D eigenvalue weighted by molar-refractivity contribution is 9.10. The first-order chi connectivity index (χ1) is 6.06. The highest BCUT2D eigenvalue weighted by atomic mass is 79.9. The van der Waals surface area contributed by atoms with Crippen LogP contribution in [0.2, 0.25) is 0 Å². The predicted octanol–water partition coefficient (Wildman–Crippen LogP) is 2.63. The van der Waals surface area contributed by atoms with Crippen LogP contribution in [-0.4, -0.2) is 10.0 Å². The summed E-state index contributed by atoms with van der Waals surface area (Å²) < 4.78 is 0.652. The standard InChI is InChI=1S/C8H8BrNO3/c1-2-5-3-8(11)7(10(12)13)4-6(5)9/h3-4,11H,2H2,1H3. The Hall–Kier alpha value is -1.10. The number of nitro groups is 1. The van der Waals surface area contributed by atoms with Crippen molar-refractivity contribution in [1.82, 2.24) is 0 Å². The summed E-state index contributed by atoms with van der Waals surface area (Å²) in [5.41, 5.74) is 0.576. The third kappa shape index (κ3) is 1.98. The molecule has 4 nitrogen and oxygen atoms in total. The number of aromatic hydroxyl groups is 1. The van der Waals surface area contributed by atoms with Gasteiger partial charge in [0, 0.05) is 10.5 Å². The molecule has 1 aromatic carbocycles. The minimum Gasteiger partial charge on any atom is -0.502 e. The predicted molar refractivity (Wildman–Crippen MR) is 51.8 cm³/mol. The van der Waals surface area contributed by atoms with E-state index >= 15 is 0 Å². The summed E-state index contributed by atoms with van der Waals surface area (Å²) in [6, 6.07) is 2.72. The highest BCUT2D eigenvalue weighted by Gasteiger charge is 2.15. The van der Waals surface area contributed by atoms with Crippen molar-refractivity contribution in [3.05, 3.63) is 32.3 Å². The maximum absolute atomic E-state index is 10.4. The molecule has 5 heteroatoms. The Bertz CT molecular complexity index is 351. The molecule has 0 spiro atoms. The second-order valence-electron chi connectivity index (χ2n) is 2.54. The SMILES string of the molecule is CCc1cc(O)c([N+](=O)[O-])cc1Br. The molecule has 0 bridgehead atoms. The number of nitro benzene ring substituents is 1. The Labute approximate surface area is 83.5 Å². The quantitative estimate of drug-likeness (QED) is 0.644. The molecule has 0 saturated heterocycles. The zero-order chi connectivity index (χ0) is 10.0. The molecule has 70 valence electrons. The second-order valence-corrected chi connectivity index (χ2v) is 3.40. The van der Waals surface area contributed by atoms with E-state index in [1.807, 2.05) is 6.92 Å². The molecule has 0 amide bonds. The summed E-state index contributed by atoms with van der Waals surface area (Å²) in [7, 11) is 0. The van der Waals surface area contributed by atoms with Gasteiger partial charge in [0.05, 0.1) is 4.92 Å². The van der Waals surface area contributed by atoms with Gasteiger partial charge in [-0.2, -0.15) is 0 Å². The van der Waals surface area contributed by atoms with Crippen LogP contribution in [0.3, 0.4) is 0 Å². The molecule has 0 aliphatic heterocycles. The summed E-state index contributed by atoms with van der Waals surface area (Å²) >= 11 is 3.19. The topological polar surface area (TPSA) is 63.4 Å². The van der Waals surface area contributed by atoms with Gasteiger partial charge in [0.1, 0.15) is 0 Å². The number of rotatable bonds is 2. The molecule has 1 aromatic rings. The summed E-state index contributed by atoms with van der Waals surface area (Å²) in [4.78, 5) is 9.79. The van der Waals surface area contributed by atoms with Crippen LogP contribution in [0.25, 0.3) is 0 Å². The molecule has 1 N–H and O–H groups in total. The van der Waals surface area contributed by atoms with E-state index in [0.29, 0.717) is 10.9 Å². The van der Waals surface area contributed by atoms with Crippen LogP contribution in [0, 0.1) is 10.1 Å². The number of phenolic OH excluding ortho intramolecular Hbond substituents is 1. The molecule has 0 aromatic heterocycles. The van der Waals surface area contributed by atoms with E-state index in [0.717, 1.165) is 5.56 Å². The van der Waals surface area contributed by atoms with Crippen molar-refractivity contribution < 1.29 is 10.0 Å². The van der Waals surface area contributed by atoms with Crippen LogP contribution in [-0.2, 0) is 6.42 Å². The third-order valence-corrected chi connectivity index (χ3v) is 2.46. The maximum atomic E-state index is 10.4. The van der Waals surface area contributed by atoms with Gasteiger partial charge in [-0.15, -0.1) is 0 Å². The normalized spacial score (nSPS) is 10.0. The average Bonchev–Trinajstić information content (AvgIpc) is 2.07. The van der Waals surface area contributed by atoms with Crippen molar-refractivity contribution in [2.45, 2.75) is 13.3 Å². The van der Waals surface area contributed by atoms with Gasteiger partial charge >= 0.3 is 5.69 Å². The number of aryl methyl sites for hydroxylation is 1. The van der Waals surface area contributed by atoms with Gasteiger partial charge in [0.2, 0.25) is 0 Å². The van der Waals surface area contributed by atoms with E-state index in [1.54, 1.807) is 0 Å². The van der Waals surface area contributed by atoms with Gasteiger partial charge < -0.3 is 5.11 Å². The minimum atomic E-state index is -0.612. The van der Waals surface area contributed by atoms with Crippen LogP contribution < -0.4 is 0 Å². The van der Waals surface area contributed by atoms with E-state index in [1.165, 1.54) is 12.1 Å². The van der Waals surface area contributed by atoms with Gasteiger partial charge in [-0.25, -0.2) is 0 Å². The van der Waals surface area contributed by atoms with Crippen LogP contribution in [0.4, 0.5) is 5.69 Å². The van der Waals surface area contributed by atoms with Crippen molar-refractivity contribution in [2.24, 2.45) is 0 Å². The average molecular weight is 246 g/mol. The Balaban J connectivity index is 3.28. The molecule has 0 fully saturated rings. The lowest BCUT2D eigenvalue weighted by molar-refractivity contribution is -0.385. The van der Waals surface area contributed by atoms with E-state index in [9.17, 15) is 15.2 Å². The van der Waals surface area contributed by atoms with E-state index in [2.05, 4.69) is 15.9 Å². The first-order valence-electron chi connectivity index (χ1n) is 3.72. The largest absolute Gasteiger partial charge is 0.502 e. The molecular weight excluding hydrogens is 238 g/mol. The zero-order valence-electron chi connectivity index (χ0n) is 6.95. The molecular formula is C8H8BrNO3. The fraction of sp³-hybridized carbons (Fsp3) is 0.250. The molecule has 1 rings (SSSR count). The fourth-order valence-electron chi connectivity index (χ4n) is 1.01. The zero-order valence-corrected chi connectivity index (χ0v) is 8.54. The van der Waals surface area contributed by atoms with E-state index in [-0.39, 0.29) is 11.4 Å². The molecule has 0 heterocycles. The number of nitrogens with zero attached hydrogens (tertiary/aromatic N) is 1. The van der Waals surface area contributed by atoms with Crippen molar-refractivity contribution in [2.75, 3.05) is 0 Å². The molecule has 0 saturated carbocycles. The summed E-state index contributed by atoms with van der Waals surface area (Å²) in [6.07, 6.45) is 0.714. The smallest absolute Gasteiger partial charge is 0.311 e. The Kier molecular flexibility index (Phi) is 2.87. The summed E-state index contributed by atoms with van der Waals surface area (Å²) in [6.45, 7) is 1.91. The molecule has 0 aliphatic rings. The van der Waals surface area contributed by atoms with Crippen LogP contribution in [0.15, 0.2) is 16.6 Å². The fourth-order valence-corrected chi connectivity index (χ4v) is 1.62. The lowest BCUT2D eigenvalue weighted by Gasteiger charge is -2.02. The van der Waals surface area contributed by atoms with Gasteiger partial charge in [-0.3, -0.25) is 10.1 Å². The lowest BCUT2D eigenvalue weighted by atomic mass is 10.1. The van der Waals surface area contributed by atoms with Gasteiger partial charge in [-0.05, 0) is 18.1 Å². The van der Waals surface area contributed by atoms with Crippen molar-refractivity contribution >= 4 is 21.6 Å². The number of hydrogen-bond acceptors (Lipinski definition) is 3. The lowest BCUT2D eigenvalue weighted by Crippen LogP contribution is -1.91. The summed E-state index contributed by atoms with van der Waals surface area (Å²) in [5.74, 6) is -0.287. The van der Waals surface area contributed by atoms with Crippen LogP contribution in [0.1, 0.15) is 12.5 Å². The first-order valence-corrected chi connectivity index (χ1v) is 4.51. The van der Waals surface area contributed by atoms with Crippen molar-refractivity contribution in [3.8, 4) is 5.75 Å². The number of benzene rings is 1. The molecule has 0 radical (unpaired) electrons. The van der Waals surface area contributed by atoms with Crippen molar-refractivity contribution in [3.63, 3.8) is 0 Å². The molecule has 13 heavy (non-hydrogen) atoms. The van der Waals surface area contributed by atoms with Gasteiger partial charge in [0.25, 0.3) is 0 Å². The minimum absolute atomic E-state index is 0.274. The Morgan fingerprint density at radius 1 is 1.62 bits per heavy atom. The molecule has 0 atom stereocenters. The number of phenols is 1. The van der Waals surface area contributed by atoms with E-state index in [4.69, 9.17) is 0 Å².